The minimum absolute atomic E-state index is 0.0663. The number of carbonyl (C=O) groups is 1. The quantitative estimate of drug-likeness (QED) is 0.639. The van der Waals surface area contributed by atoms with Crippen molar-refractivity contribution in [3.8, 4) is 0 Å². The van der Waals surface area contributed by atoms with Gasteiger partial charge in [-0.1, -0.05) is 12.1 Å². The van der Waals surface area contributed by atoms with Crippen LogP contribution in [0.2, 0.25) is 0 Å². The highest BCUT2D eigenvalue weighted by molar-refractivity contribution is 7.89. The van der Waals surface area contributed by atoms with Crippen molar-refractivity contribution in [3.63, 3.8) is 0 Å². The molecule has 0 atom stereocenters. The summed E-state index contributed by atoms with van der Waals surface area (Å²) in [5, 5.41) is 2.71. The molecule has 2 aromatic carbocycles. The van der Waals surface area contributed by atoms with Crippen molar-refractivity contribution in [1.29, 1.82) is 0 Å². The molecule has 0 saturated carbocycles. The van der Waals surface area contributed by atoms with E-state index in [2.05, 4.69) is 15.0 Å². The van der Waals surface area contributed by atoms with E-state index in [-0.39, 0.29) is 29.7 Å². The van der Waals surface area contributed by atoms with Crippen molar-refractivity contribution in [2.24, 2.45) is 0 Å². The van der Waals surface area contributed by atoms with Crippen LogP contribution >= 0.6 is 0 Å². The molecule has 0 bridgehead atoms. The smallest absolute Gasteiger partial charge is 0.251 e. The molecule has 0 spiro atoms. The van der Waals surface area contributed by atoms with Gasteiger partial charge in [0.1, 0.15) is 5.82 Å². The van der Waals surface area contributed by atoms with E-state index in [1.807, 2.05) is 0 Å². The number of nitrogens with one attached hydrogen (secondary N) is 2. The SMILES string of the molecule is O=C(NCc1ccc(F)cc1)c1ccc(S(=O)(=O)NCc2ccncc2)cc1. The zero-order chi connectivity index (χ0) is 20.0. The van der Waals surface area contributed by atoms with Crippen molar-refractivity contribution in [2.45, 2.75) is 18.0 Å². The topological polar surface area (TPSA) is 88.2 Å². The average Bonchev–Trinajstić information content (AvgIpc) is 2.72. The van der Waals surface area contributed by atoms with Crippen LogP contribution in [0.5, 0.6) is 0 Å². The van der Waals surface area contributed by atoms with Crippen molar-refractivity contribution in [1.82, 2.24) is 15.0 Å². The van der Waals surface area contributed by atoms with E-state index in [9.17, 15) is 17.6 Å². The van der Waals surface area contributed by atoms with Gasteiger partial charge in [-0.15, -0.1) is 0 Å². The predicted molar refractivity (Wildman–Crippen MR) is 102 cm³/mol. The number of benzene rings is 2. The number of nitrogens with zero attached hydrogens (tertiary/aromatic N) is 1. The number of aromatic nitrogens is 1. The Morgan fingerprint density at radius 2 is 1.46 bits per heavy atom. The Kier molecular flexibility index (Phi) is 6.13. The van der Waals surface area contributed by atoms with Gasteiger partial charge in [0, 0.05) is 31.0 Å². The fourth-order valence-electron chi connectivity index (χ4n) is 2.43. The zero-order valence-corrected chi connectivity index (χ0v) is 15.6. The minimum atomic E-state index is -3.70. The Morgan fingerprint density at radius 1 is 0.857 bits per heavy atom. The van der Waals surface area contributed by atoms with Crippen molar-refractivity contribution >= 4 is 15.9 Å². The van der Waals surface area contributed by atoms with Crippen molar-refractivity contribution in [2.75, 3.05) is 0 Å². The van der Waals surface area contributed by atoms with Gasteiger partial charge in [-0.2, -0.15) is 0 Å². The average molecular weight is 399 g/mol. The lowest BCUT2D eigenvalue weighted by molar-refractivity contribution is 0.0951. The molecule has 2 N–H and O–H groups in total. The maximum absolute atomic E-state index is 12.9. The highest BCUT2D eigenvalue weighted by atomic mass is 32.2. The van der Waals surface area contributed by atoms with Crippen LogP contribution in [-0.4, -0.2) is 19.3 Å². The number of rotatable bonds is 7. The van der Waals surface area contributed by atoms with E-state index in [1.54, 1.807) is 36.7 Å². The number of sulfonamides is 1. The number of hydrogen-bond acceptors (Lipinski definition) is 4. The molecule has 1 aromatic heterocycles. The number of amides is 1. The molecule has 1 amide bonds. The molecule has 0 saturated heterocycles. The number of halogens is 1. The maximum Gasteiger partial charge on any atom is 0.251 e. The molecule has 28 heavy (non-hydrogen) atoms. The lowest BCUT2D eigenvalue weighted by atomic mass is 10.2. The summed E-state index contributed by atoms with van der Waals surface area (Å²) >= 11 is 0. The summed E-state index contributed by atoms with van der Waals surface area (Å²) in [5.74, 6) is -0.692. The first kappa shape index (κ1) is 19.7. The van der Waals surface area contributed by atoms with Crippen molar-refractivity contribution < 1.29 is 17.6 Å². The number of pyridine rings is 1. The van der Waals surface area contributed by atoms with E-state index in [1.165, 1.54) is 36.4 Å². The largest absolute Gasteiger partial charge is 0.348 e. The van der Waals surface area contributed by atoms with Gasteiger partial charge < -0.3 is 5.32 Å². The van der Waals surface area contributed by atoms with E-state index >= 15 is 0 Å². The fourth-order valence-corrected chi connectivity index (χ4v) is 3.45. The second-order valence-electron chi connectivity index (χ2n) is 6.01. The van der Waals surface area contributed by atoms with Crippen LogP contribution in [0.3, 0.4) is 0 Å². The first-order chi connectivity index (χ1) is 13.4. The monoisotopic (exact) mass is 399 g/mol. The minimum Gasteiger partial charge on any atom is -0.348 e. The van der Waals surface area contributed by atoms with Crippen LogP contribution in [0.4, 0.5) is 4.39 Å². The number of carbonyl (C=O) groups excluding carboxylic acids is 1. The Labute approximate surface area is 162 Å². The molecule has 8 heteroatoms. The van der Waals surface area contributed by atoms with E-state index in [4.69, 9.17) is 0 Å². The van der Waals surface area contributed by atoms with Crippen LogP contribution < -0.4 is 10.0 Å². The van der Waals surface area contributed by atoms with E-state index in [0.717, 1.165) is 11.1 Å². The van der Waals surface area contributed by atoms with Gasteiger partial charge in [-0.25, -0.2) is 17.5 Å². The van der Waals surface area contributed by atoms with Crippen LogP contribution in [-0.2, 0) is 23.1 Å². The predicted octanol–water partition coefficient (Wildman–Crippen LogP) is 2.63. The summed E-state index contributed by atoms with van der Waals surface area (Å²) in [5.41, 5.74) is 1.87. The van der Waals surface area contributed by atoms with Crippen LogP contribution in [0.15, 0.2) is 78.0 Å². The van der Waals surface area contributed by atoms with Gasteiger partial charge in [0.25, 0.3) is 5.91 Å². The first-order valence-corrected chi connectivity index (χ1v) is 9.94. The first-order valence-electron chi connectivity index (χ1n) is 8.45. The van der Waals surface area contributed by atoms with Crippen LogP contribution in [0.25, 0.3) is 0 Å². The second kappa shape index (κ2) is 8.73. The third-order valence-electron chi connectivity index (χ3n) is 4.01. The molecule has 0 aliphatic heterocycles. The summed E-state index contributed by atoms with van der Waals surface area (Å²) in [4.78, 5) is 16.1. The lowest BCUT2D eigenvalue weighted by Gasteiger charge is -2.08. The third-order valence-corrected chi connectivity index (χ3v) is 5.43. The molecular weight excluding hydrogens is 381 g/mol. The van der Waals surface area contributed by atoms with Gasteiger partial charge >= 0.3 is 0 Å². The summed E-state index contributed by atoms with van der Waals surface area (Å²) < 4.78 is 40.1. The second-order valence-corrected chi connectivity index (χ2v) is 7.78. The van der Waals surface area contributed by atoms with Crippen LogP contribution in [0.1, 0.15) is 21.5 Å². The molecule has 0 unspecified atom stereocenters. The summed E-state index contributed by atoms with van der Waals surface area (Å²) in [6.07, 6.45) is 3.17. The van der Waals surface area contributed by atoms with E-state index in [0.29, 0.717) is 5.56 Å². The molecule has 0 aliphatic rings. The highest BCUT2D eigenvalue weighted by Crippen LogP contribution is 2.12. The standard InChI is InChI=1S/C20H18FN3O3S/c21-18-5-1-15(2-6-18)13-23-20(25)17-3-7-19(8-4-17)28(26,27)24-14-16-9-11-22-12-10-16/h1-12,24H,13-14H2,(H,23,25). The van der Waals surface area contributed by atoms with Crippen LogP contribution in [0, 0.1) is 5.82 Å². The van der Waals surface area contributed by atoms with Gasteiger partial charge in [-0.3, -0.25) is 9.78 Å². The molecule has 6 nitrogen and oxygen atoms in total. The fraction of sp³-hybridized carbons (Fsp3) is 0.100. The molecule has 3 rings (SSSR count). The number of hydrogen-bond donors (Lipinski definition) is 2. The zero-order valence-electron chi connectivity index (χ0n) is 14.8. The molecule has 3 aromatic rings. The molecule has 0 radical (unpaired) electrons. The Bertz CT molecular complexity index is 1040. The summed E-state index contributed by atoms with van der Waals surface area (Å²) in [7, 11) is -3.70. The van der Waals surface area contributed by atoms with Gasteiger partial charge in [0.2, 0.25) is 10.0 Å². The summed E-state index contributed by atoms with van der Waals surface area (Å²) in [6, 6.07) is 14.9. The molecule has 0 aliphatic carbocycles. The van der Waals surface area contributed by atoms with Gasteiger partial charge in [-0.05, 0) is 59.7 Å². The normalized spacial score (nSPS) is 11.2. The summed E-state index contributed by atoms with van der Waals surface area (Å²) in [6.45, 7) is 0.386. The molecule has 144 valence electrons. The Balaban J connectivity index is 1.60. The van der Waals surface area contributed by atoms with Crippen molar-refractivity contribution in [3.05, 3.63) is 95.6 Å². The highest BCUT2D eigenvalue weighted by Gasteiger charge is 2.15. The van der Waals surface area contributed by atoms with Gasteiger partial charge in [0.05, 0.1) is 4.90 Å². The Hall–Kier alpha value is -3.10. The Morgan fingerprint density at radius 3 is 2.11 bits per heavy atom. The van der Waals surface area contributed by atoms with Gasteiger partial charge in [0.15, 0.2) is 0 Å². The third kappa shape index (κ3) is 5.21. The lowest BCUT2D eigenvalue weighted by Crippen LogP contribution is -2.24. The molecular formula is C20H18FN3O3S. The maximum atomic E-state index is 12.9. The van der Waals surface area contributed by atoms with E-state index < -0.39 is 10.0 Å². The molecule has 1 heterocycles. The molecule has 0 fully saturated rings.